The highest BCUT2D eigenvalue weighted by atomic mass is 32.2. The van der Waals surface area contributed by atoms with Crippen LogP contribution in [0.2, 0.25) is 0 Å². The number of aromatic nitrogens is 3. The first-order valence-electron chi connectivity index (χ1n) is 9.00. The van der Waals surface area contributed by atoms with E-state index in [1.165, 1.54) is 6.39 Å². The molecule has 0 aromatic carbocycles. The van der Waals surface area contributed by atoms with Gasteiger partial charge in [0.2, 0.25) is 10.0 Å². The zero-order chi connectivity index (χ0) is 18.6. The first kappa shape index (κ1) is 19.1. The average Bonchev–Trinajstić information content (AvgIpc) is 3.28. The minimum Gasteiger partial charge on any atom is -0.451 e. The van der Waals surface area contributed by atoms with Crippen LogP contribution >= 0.6 is 0 Å². The molecular weight excluding hydrogens is 356 g/mol. The van der Waals surface area contributed by atoms with E-state index < -0.39 is 10.0 Å². The molecule has 0 atom stereocenters. The molecule has 0 amide bonds. The molecule has 0 saturated carbocycles. The van der Waals surface area contributed by atoms with E-state index in [4.69, 9.17) is 14.3 Å². The molecule has 3 heterocycles. The van der Waals surface area contributed by atoms with Crippen molar-refractivity contribution in [3.63, 3.8) is 0 Å². The summed E-state index contributed by atoms with van der Waals surface area (Å²) in [5.74, 6) is 0.195. The Hall–Kier alpha value is -1.71. The lowest BCUT2D eigenvalue weighted by molar-refractivity contribution is 0.188. The number of methoxy groups -OCH3 is 1. The van der Waals surface area contributed by atoms with Crippen LogP contribution in [-0.2, 0) is 34.3 Å². The van der Waals surface area contributed by atoms with E-state index in [0.29, 0.717) is 43.9 Å². The van der Waals surface area contributed by atoms with Crippen LogP contribution in [0.3, 0.4) is 0 Å². The third kappa shape index (κ3) is 3.99. The lowest BCUT2D eigenvalue weighted by atomic mass is 10.1. The Kier molecular flexibility index (Phi) is 6.10. The Bertz CT molecular complexity index is 814. The predicted molar refractivity (Wildman–Crippen MR) is 97.0 cm³/mol. The molecule has 0 fully saturated rings. The lowest BCUT2D eigenvalue weighted by Gasteiger charge is -2.27. The summed E-state index contributed by atoms with van der Waals surface area (Å²) < 4.78 is 39.0. The second-order valence-electron chi connectivity index (χ2n) is 6.47. The van der Waals surface area contributed by atoms with Crippen molar-refractivity contribution in [2.45, 2.75) is 45.7 Å². The van der Waals surface area contributed by atoms with Crippen molar-refractivity contribution in [3.05, 3.63) is 23.9 Å². The van der Waals surface area contributed by atoms with Gasteiger partial charge in [0.05, 0.1) is 5.75 Å². The van der Waals surface area contributed by atoms with Crippen molar-refractivity contribution in [3.8, 4) is 11.4 Å². The van der Waals surface area contributed by atoms with Crippen LogP contribution in [0.1, 0.15) is 37.4 Å². The number of hydrogen-bond acceptors (Lipinski definition) is 6. The quantitative estimate of drug-likeness (QED) is 0.617. The molecule has 8 nitrogen and oxygen atoms in total. The largest absolute Gasteiger partial charge is 0.451 e. The van der Waals surface area contributed by atoms with Gasteiger partial charge in [-0.2, -0.15) is 9.40 Å². The van der Waals surface area contributed by atoms with Gasteiger partial charge in [0, 0.05) is 51.0 Å². The van der Waals surface area contributed by atoms with Gasteiger partial charge < -0.3 is 9.15 Å². The first-order valence-corrected chi connectivity index (χ1v) is 10.6. The number of aryl methyl sites for hydroxylation is 1. The fraction of sp³-hybridized carbons (Fsp3) is 0.647. The maximum Gasteiger partial charge on any atom is 0.214 e. The zero-order valence-electron chi connectivity index (χ0n) is 15.3. The molecule has 2 aromatic rings. The van der Waals surface area contributed by atoms with Gasteiger partial charge >= 0.3 is 0 Å². The monoisotopic (exact) mass is 382 g/mol. The molecule has 144 valence electrons. The zero-order valence-corrected chi connectivity index (χ0v) is 16.2. The van der Waals surface area contributed by atoms with Gasteiger partial charge in [-0.3, -0.25) is 4.68 Å². The summed E-state index contributed by atoms with van der Waals surface area (Å²) >= 11 is 0. The SMILES string of the molecule is CCCCS(=O)(=O)N1CCc2c(c(-c3cocn3)nn2CCCOC)C1. The fourth-order valence-corrected chi connectivity index (χ4v) is 4.85. The van der Waals surface area contributed by atoms with Crippen LogP contribution < -0.4 is 0 Å². The molecule has 1 aliphatic rings. The molecule has 0 spiro atoms. The van der Waals surface area contributed by atoms with E-state index in [-0.39, 0.29) is 5.75 Å². The summed E-state index contributed by atoms with van der Waals surface area (Å²) in [6.07, 6.45) is 5.95. The van der Waals surface area contributed by atoms with Crippen molar-refractivity contribution in [2.24, 2.45) is 0 Å². The Morgan fingerprint density at radius 3 is 2.88 bits per heavy atom. The second-order valence-corrected chi connectivity index (χ2v) is 8.56. The number of sulfonamides is 1. The molecule has 9 heteroatoms. The normalized spacial score (nSPS) is 15.3. The smallest absolute Gasteiger partial charge is 0.214 e. The highest BCUT2D eigenvalue weighted by molar-refractivity contribution is 7.89. The van der Waals surface area contributed by atoms with Gasteiger partial charge in [0.25, 0.3) is 0 Å². The highest BCUT2D eigenvalue weighted by Gasteiger charge is 2.31. The number of oxazole rings is 1. The summed E-state index contributed by atoms with van der Waals surface area (Å²) in [7, 11) is -1.57. The number of fused-ring (bicyclic) bond motifs is 1. The number of rotatable bonds is 9. The van der Waals surface area contributed by atoms with E-state index in [9.17, 15) is 8.42 Å². The van der Waals surface area contributed by atoms with Crippen LogP contribution in [-0.4, -0.2) is 53.5 Å². The summed E-state index contributed by atoms with van der Waals surface area (Å²) in [6, 6.07) is 0. The maximum absolute atomic E-state index is 12.6. The van der Waals surface area contributed by atoms with Gasteiger partial charge in [-0.15, -0.1) is 0 Å². The fourth-order valence-electron chi connectivity index (χ4n) is 3.24. The Balaban J connectivity index is 1.90. The molecule has 0 N–H and O–H groups in total. The van der Waals surface area contributed by atoms with E-state index in [1.807, 2.05) is 11.6 Å². The molecule has 0 bridgehead atoms. The maximum atomic E-state index is 12.6. The Labute approximate surface area is 154 Å². The van der Waals surface area contributed by atoms with Gasteiger partial charge in [0.15, 0.2) is 6.39 Å². The van der Waals surface area contributed by atoms with Crippen LogP contribution in [0.5, 0.6) is 0 Å². The van der Waals surface area contributed by atoms with Crippen LogP contribution in [0.25, 0.3) is 11.4 Å². The topological polar surface area (TPSA) is 90.5 Å². The lowest BCUT2D eigenvalue weighted by Crippen LogP contribution is -2.37. The standard InChI is InChI=1S/C17H26N4O4S/c1-3-4-10-26(22,23)20-8-6-16-14(11-20)17(15-12-25-13-18-15)19-21(16)7-5-9-24-2/h12-13H,3-11H2,1-2H3. The summed E-state index contributed by atoms with van der Waals surface area (Å²) in [6.45, 7) is 4.22. The molecular formula is C17H26N4O4S. The molecule has 3 rings (SSSR count). The molecule has 0 saturated heterocycles. The van der Waals surface area contributed by atoms with Crippen molar-refractivity contribution < 1.29 is 17.6 Å². The highest BCUT2D eigenvalue weighted by Crippen LogP contribution is 2.30. The number of hydrogen-bond donors (Lipinski definition) is 0. The van der Waals surface area contributed by atoms with Crippen molar-refractivity contribution in [1.29, 1.82) is 0 Å². The van der Waals surface area contributed by atoms with Crippen LogP contribution in [0, 0.1) is 0 Å². The van der Waals surface area contributed by atoms with E-state index in [2.05, 4.69) is 4.98 Å². The molecule has 26 heavy (non-hydrogen) atoms. The minimum absolute atomic E-state index is 0.195. The number of unbranched alkanes of at least 4 members (excludes halogenated alkanes) is 1. The summed E-state index contributed by atoms with van der Waals surface area (Å²) in [5, 5.41) is 4.70. The van der Waals surface area contributed by atoms with Crippen molar-refractivity contribution >= 4 is 10.0 Å². The predicted octanol–water partition coefficient (Wildman–Crippen LogP) is 2.06. The first-order chi connectivity index (χ1) is 12.6. The van der Waals surface area contributed by atoms with Gasteiger partial charge in [-0.05, 0) is 12.8 Å². The van der Waals surface area contributed by atoms with Crippen LogP contribution in [0.15, 0.2) is 17.1 Å². The van der Waals surface area contributed by atoms with Gasteiger partial charge in [0.1, 0.15) is 17.7 Å². The second kappa shape index (κ2) is 8.32. The molecule has 0 aliphatic carbocycles. The Morgan fingerprint density at radius 1 is 1.35 bits per heavy atom. The number of nitrogens with zero attached hydrogens (tertiary/aromatic N) is 4. The number of ether oxygens (including phenoxy) is 1. The molecule has 2 aromatic heterocycles. The Morgan fingerprint density at radius 2 is 2.19 bits per heavy atom. The van der Waals surface area contributed by atoms with E-state index in [1.54, 1.807) is 17.7 Å². The van der Waals surface area contributed by atoms with Crippen LogP contribution in [0.4, 0.5) is 0 Å². The van der Waals surface area contributed by atoms with Crippen molar-refractivity contribution in [1.82, 2.24) is 19.1 Å². The van der Waals surface area contributed by atoms with E-state index in [0.717, 1.165) is 30.6 Å². The molecule has 0 radical (unpaired) electrons. The molecule has 0 unspecified atom stereocenters. The summed E-state index contributed by atoms with van der Waals surface area (Å²) in [5.41, 5.74) is 3.37. The van der Waals surface area contributed by atoms with Gasteiger partial charge in [-0.25, -0.2) is 13.4 Å². The van der Waals surface area contributed by atoms with Gasteiger partial charge in [-0.1, -0.05) is 13.3 Å². The average molecular weight is 382 g/mol. The van der Waals surface area contributed by atoms with Crippen molar-refractivity contribution in [2.75, 3.05) is 26.0 Å². The summed E-state index contributed by atoms with van der Waals surface area (Å²) in [4.78, 5) is 4.21. The minimum atomic E-state index is -3.25. The molecule has 1 aliphatic heterocycles. The van der Waals surface area contributed by atoms with E-state index >= 15 is 0 Å². The third-order valence-electron chi connectivity index (χ3n) is 4.64. The third-order valence-corrected chi connectivity index (χ3v) is 6.54.